The summed E-state index contributed by atoms with van der Waals surface area (Å²) in [6.45, 7) is 2.13. The van der Waals surface area contributed by atoms with Crippen LogP contribution >= 0.6 is 0 Å². The van der Waals surface area contributed by atoms with Crippen LogP contribution < -0.4 is 10.1 Å². The Kier molecular flexibility index (Phi) is 2.96. The summed E-state index contributed by atoms with van der Waals surface area (Å²) >= 11 is 0. The zero-order valence-electron chi connectivity index (χ0n) is 10.5. The van der Waals surface area contributed by atoms with Crippen molar-refractivity contribution in [3.63, 3.8) is 0 Å². The van der Waals surface area contributed by atoms with Crippen molar-refractivity contribution >= 4 is 5.69 Å². The standard InChI is InChI=1S/C15H21NO/c1-11-7-6-9-13-15(11)17-14-10-5-3-2-4-8-12(14)16-13/h6-7,9,12,14,16H,2-5,8,10H2,1H3. The van der Waals surface area contributed by atoms with Crippen LogP contribution in [-0.2, 0) is 0 Å². The maximum absolute atomic E-state index is 6.24. The Balaban J connectivity index is 1.87. The maximum Gasteiger partial charge on any atom is 0.145 e. The van der Waals surface area contributed by atoms with Crippen LogP contribution in [0.2, 0.25) is 0 Å². The van der Waals surface area contributed by atoms with E-state index in [1.807, 2.05) is 0 Å². The molecular weight excluding hydrogens is 210 g/mol. The smallest absolute Gasteiger partial charge is 0.145 e. The van der Waals surface area contributed by atoms with Gasteiger partial charge < -0.3 is 10.1 Å². The van der Waals surface area contributed by atoms with Crippen LogP contribution in [-0.4, -0.2) is 12.1 Å². The maximum atomic E-state index is 6.24. The summed E-state index contributed by atoms with van der Waals surface area (Å²) in [5, 5.41) is 3.68. The molecule has 0 radical (unpaired) electrons. The largest absolute Gasteiger partial charge is 0.486 e. The molecule has 0 saturated heterocycles. The molecule has 2 atom stereocenters. The van der Waals surface area contributed by atoms with Crippen molar-refractivity contribution in [3.05, 3.63) is 23.8 Å². The molecule has 0 amide bonds. The summed E-state index contributed by atoms with van der Waals surface area (Å²) in [7, 11) is 0. The molecule has 2 heteroatoms. The Morgan fingerprint density at radius 3 is 2.82 bits per heavy atom. The molecule has 3 rings (SSSR count). The Labute approximate surface area is 103 Å². The Hall–Kier alpha value is -1.18. The summed E-state index contributed by atoms with van der Waals surface area (Å²) in [5.41, 5.74) is 2.43. The van der Waals surface area contributed by atoms with E-state index in [9.17, 15) is 0 Å². The minimum Gasteiger partial charge on any atom is -0.486 e. The summed E-state index contributed by atoms with van der Waals surface area (Å²) in [6, 6.07) is 6.89. The fraction of sp³-hybridized carbons (Fsp3) is 0.600. The van der Waals surface area contributed by atoms with E-state index >= 15 is 0 Å². The average Bonchev–Trinajstić information content (AvgIpc) is 2.30. The van der Waals surface area contributed by atoms with Gasteiger partial charge in [0.25, 0.3) is 0 Å². The van der Waals surface area contributed by atoms with E-state index in [1.54, 1.807) is 0 Å². The number of rotatable bonds is 0. The Bertz CT molecular complexity index is 402. The number of anilines is 1. The number of aryl methyl sites for hydroxylation is 1. The van der Waals surface area contributed by atoms with Gasteiger partial charge in [-0.05, 0) is 37.8 Å². The van der Waals surface area contributed by atoms with Crippen LogP contribution in [0.3, 0.4) is 0 Å². The number of benzene rings is 1. The first kappa shape index (κ1) is 10.9. The zero-order chi connectivity index (χ0) is 11.7. The molecule has 0 bridgehead atoms. The first-order chi connectivity index (χ1) is 8.34. The minimum absolute atomic E-state index is 0.379. The molecule has 1 aliphatic carbocycles. The Morgan fingerprint density at radius 1 is 1.12 bits per heavy atom. The SMILES string of the molecule is Cc1cccc2c1OC1CCCCCCC1N2. The molecule has 2 aliphatic rings. The van der Waals surface area contributed by atoms with E-state index in [0.29, 0.717) is 12.1 Å². The number of hydrogen-bond donors (Lipinski definition) is 1. The van der Waals surface area contributed by atoms with Gasteiger partial charge in [0.05, 0.1) is 11.7 Å². The molecule has 0 aromatic heterocycles. The molecule has 1 fully saturated rings. The molecule has 17 heavy (non-hydrogen) atoms. The molecule has 1 aliphatic heterocycles. The van der Waals surface area contributed by atoms with Crippen molar-refractivity contribution in [2.75, 3.05) is 5.32 Å². The van der Waals surface area contributed by atoms with Crippen LogP contribution in [0.15, 0.2) is 18.2 Å². The molecule has 1 saturated carbocycles. The monoisotopic (exact) mass is 231 g/mol. The molecule has 1 heterocycles. The van der Waals surface area contributed by atoms with Gasteiger partial charge in [-0.25, -0.2) is 0 Å². The molecule has 1 aromatic rings. The van der Waals surface area contributed by atoms with Crippen molar-refractivity contribution < 1.29 is 4.74 Å². The lowest BCUT2D eigenvalue weighted by Crippen LogP contribution is -2.42. The number of nitrogens with one attached hydrogen (secondary N) is 1. The normalized spacial score (nSPS) is 27.8. The Morgan fingerprint density at radius 2 is 1.94 bits per heavy atom. The zero-order valence-corrected chi connectivity index (χ0v) is 10.5. The average molecular weight is 231 g/mol. The fourth-order valence-corrected chi connectivity index (χ4v) is 3.03. The molecule has 0 spiro atoms. The number of ether oxygens (including phenoxy) is 1. The van der Waals surface area contributed by atoms with Gasteiger partial charge in [0.1, 0.15) is 11.9 Å². The van der Waals surface area contributed by atoms with Gasteiger partial charge in [0.15, 0.2) is 0 Å². The van der Waals surface area contributed by atoms with Crippen LogP contribution in [0, 0.1) is 6.92 Å². The van der Waals surface area contributed by atoms with Crippen molar-refractivity contribution in [1.29, 1.82) is 0 Å². The van der Waals surface area contributed by atoms with Crippen LogP contribution in [0.1, 0.15) is 44.1 Å². The van der Waals surface area contributed by atoms with Gasteiger partial charge in [-0.15, -0.1) is 0 Å². The second kappa shape index (κ2) is 4.59. The first-order valence-electron chi connectivity index (χ1n) is 6.87. The van der Waals surface area contributed by atoms with Gasteiger partial charge >= 0.3 is 0 Å². The molecule has 2 nitrogen and oxygen atoms in total. The van der Waals surface area contributed by atoms with Crippen LogP contribution in [0.4, 0.5) is 5.69 Å². The second-order valence-electron chi connectivity index (χ2n) is 5.35. The lowest BCUT2D eigenvalue weighted by molar-refractivity contribution is 0.142. The van der Waals surface area contributed by atoms with Gasteiger partial charge in [-0.3, -0.25) is 0 Å². The highest BCUT2D eigenvalue weighted by molar-refractivity contribution is 5.62. The number of para-hydroxylation sites is 1. The van der Waals surface area contributed by atoms with Crippen molar-refractivity contribution in [1.82, 2.24) is 0 Å². The summed E-state index contributed by atoms with van der Waals surface area (Å²) in [5.74, 6) is 1.08. The van der Waals surface area contributed by atoms with E-state index < -0.39 is 0 Å². The second-order valence-corrected chi connectivity index (χ2v) is 5.35. The van der Waals surface area contributed by atoms with E-state index in [2.05, 4.69) is 30.4 Å². The van der Waals surface area contributed by atoms with Gasteiger partial charge in [-0.1, -0.05) is 31.4 Å². The third-order valence-corrected chi connectivity index (χ3v) is 4.02. The summed E-state index contributed by atoms with van der Waals surface area (Å²) in [6.07, 6.45) is 8.22. The van der Waals surface area contributed by atoms with E-state index in [-0.39, 0.29) is 0 Å². The van der Waals surface area contributed by atoms with E-state index in [0.717, 1.165) is 5.75 Å². The van der Waals surface area contributed by atoms with E-state index in [4.69, 9.17) is 4.74 Å². The van der Waals surface area contributed by atoms with Crippen LogP contribution in [0.25, 0.3) is 0 Å². The van der Waals surface area contributed by atoms with Gasteiger partial charge in [0, 0.05) is 0 Å². The quantitative estimate of drug-likeness (QED) is 0.731. The highest BCUT2D eigenvalue weighted by atomic mass is 16.5. The molecule has 92 valence electrons. The van der Waals surface area contributed by atoms with E-state index in [1.165, 1.54) is 49.8 Å². The van der Waals surface area contributed by atoms with Gasteiger partial charge in [0.2, 0.25) is 0 Å². The first-order valence-corrected chi connectivity index (χ1v) is 6.87. The highest BCUT2D eigenvalue weighted by Gasteiger charge is 2.30. The van der Waals surface area contributed by atoms with Gasteiger partial charge in [-0.2, -0.15) is 0 Å². The third kappa shape index (κ3) is 2.13. The lowest BCUT2D eigenvalue weighted by Gasteiger charge is -2.37. The van der Waals surface area contributed by atoms with Crippen molar-refractivity contribution in [3.8, 4) is 5.75 Å². The topological polar surface area (TPSA) is 21.3 Å². The summed E-state index contributed by atoms with van der Waals surface area (Å²) < 4.78 is 6.24. The van der Waals surface area contributed by atoms with Crippen molar-refractivity contribution in [2.24, 2.45) is 0 Å². The third-order valence-electron chi connectivity index (χ3n) is 4.02. The lowest BCUT2D eigenvalue weighted by atomic mass is 9.92. The van der Waals surface area contributed by atoms with Crippen molar-refractivity contribution in [2.45, 2.75) is 57.6 Å². The predicted octanol–water partition coefficient (Wildman–Crippen LogP) is 3.89. The molecule has 1 aromatic carbocycles. The molecule has 2 unspecified atom stereocenters. The fourth-order valence-electron chi connectivity index (χ4n) is 3.03. The number of fused-ring (bicyclic) bond motifs is 2. The highest BCUT2D eigenvalue weighted by Crippen LogP contribution is 2.37. The number of hydrogen-bond acceptors (Lipinski definition) is 2. The summed E-state index contributed by atoms with van der Waals surface area (Å²) in [4.78, 5) is 0. The predicted molar refractivity (Wildman–Crippen MR) is 70.7 cm³/mol. The van der Waals surface area contributed by atoms with Crippen LogP contribution in [0.5, 0.6) is 5.75 Å². The molecular formula is C15H21NO. The minimum atomic E-state index is 0.379. The molecule has 1 N–H and O–H groups in total.